The number of likely N-dealkylation sites (tertiary alicyclic amines) is 1. The molecule has 5 heteroatoms. The van der Waals surface area contributed by atoms with Gasteiger partial charge in [-0.3, -0.25) is 9.59 Å². The number of carbonyl (C=O) groups excluding carboxylic acids is 2. The molecule has 2 amide bonds. The van der Waals surface area contributed by atoms with Gasteiger partial charge in [0.15, 0.2) is 0 Å². The van der Waals surface area contributed by atoms with E-state index in [1.54, 1.807) is 7.11 Å². The Bertz CT molecular complexity index is 656. The molecule has 0 spiro atoms. The van der Waals surface area contributed by atoms with Gasteiger partial charge in [-0.2, -0.15) is 0 Å². The third kappa shape index (κ3) is 3.71. The zero-order valence-electron chi connectivity index (χ0n) is 16.2. The molecule has 2 fully saturated rings. The molecule has 0 unspecified atom stereocenters. The molecule has 0 radical (unpaired) electrons. The van der Waals surface area contributed by atoms with Crippen LogP contribution in [0.4, 0.5) is 0 Å². The summed E-state index contributed by atoms with van der Waals surface area (Å²) in [5.41, 5.74) is 0.975. The first-order valence-electron chi connectivity index (χ1n) is 9.61. The molecule has 1 aromatic carbocycles. The first-order chi connectivity index (χ1) is 12.4. The molecule has 1 saturated heterocycles. The number of fused-ring (bicyclic) bond motifs is 1. The van der Waals surface area contributed by atoms with E-state index in [1.165, 1.54) is 0 Å². The number of hydrogen-bond acceptors (Lipinski definition) is 3. The molecule has 1 aliphatic carbocycles. The number of ether oxygens (including phenoxy) is 1. The van der Waals surface area contributed by atoms with Crippen LogP contribution in [0.25, 0.3) is 0 Å². The fraction of sp³-hybridized carbons (Fsp3) is 0.619. The van der Waals surface area contributed by atoms with E-state index in [-0.39, 0.29) is 17.9 Å². The van der Waals surface area contributed by atoms with Crippen molar-refractivity contribution in [3.8, 4) is 5.75 Å². The number of nitrogens with zero attached hydrogens (tertiary/aromatic N) is 1. The van der Waals surface area contributed by atoms with Crippen LogP contribution < -0.4 is 10.1 Å². The number of carbonyl (C=O) groups is 2. The Balaban J connectivity index is 1.55. The molecule has 1 saturated carbocycles. The van der Waals surface area contributed by atoms with Gasteiger partial charge in [-0.25, -0.2) is 0 Å². The van der Waals surface area contributed by atoms with Gasteiger partial charge in [0, 0.05) is 25.0 Å². The Morgan fingerprint density at radius 1 is 1.31 bits per heavy atom. The molecule has 5 nitrogen and oxygen atoms in total. The molecule has 1 heterocycles. The lowest BCUT2D eigenvalue weighted by Gasteiger charge is -2.28. The Morgan fingerprint density at radius 3 is 2.62 bits per heavy atom. The molecule has 1 aromatic rings. The van der Waals surface area contributed by atoms with Crippen LogP contribution in [0.3, 0.4) is 0 Å². The van der Waals surface area contributed by atoms with Crippen LogP contribution in [0, 0.1) is 17.8 Å². The van der Waals surface area contributed by atoms with Gasteiger partial charge in [-0.1, -0.05) is 19.1 Å². The summed E-state index contributed by atoms with van der Waals surface area (Å²) >= 11 is 0. The quantitative estimate of drug-likeness (QED) is 0.850. The Hall–Kier alpha value is -2.04. The normalized spacial score (nSPS) is 27.7. The van der Waals surface area contributed by atoms with E-state index >= 15 is 0 Å². The zero-order valence-corrected chi connectivity index (χ0v) is 16.2. The molecule has 142 valence electrons. The summed E-state index contributed by atoms with van der Waals surface area (Å²) in [5.74, 6) is 2.39. The average molecular weight is 358 g/mol. The van der Waals surface area contributed by atoms with Gasteiger partial charge < -0.3 is 15.0 Å². The van der Waals surface area contributed by atoms with Gasteiger partial charge in [0.1, 0.15) is 5.75 Å². The molecular weight excluding hydrogens is 328 g/mol. The van der Waals surface area contributed by atoms with Crippen molar-refractivity contribution in [1.29, 1.82) is 0 Å². The second-order valence-corrected chi connectivity index (χ2v) is 8.04. The summed E-state index contributed by atoms with van der Waals surface area (Å²) in [6, 6.07) is 8.19. The van der Waals surface area contributed by atoms with Gasteiger partial charge >= 0.3 is 0 Å². The third-order valence-corrected chi connectivity index (χ3v) is 6.06. The summed E-state index contributed by atoms with van der Waals surface area (Å²) in [7, 11) is 1.63. The number of amides is 2. The highest BCUT2D eigenvalue weighted by molar-refractivity contribution is 5.80. The van der Waals surface area contributed by atoms with E-state index in [2.05, 4.69) is 31.0 Å². The maximum absolute atomic E-state index is 12.3. The van der Waals surface area contributed by atoms with E-state index < -0.39 is 0 Å². The fourth-order valence-corrected chi connectivity index (χ4v) is 4.78. The molecule has 3 rings (SSSR count). The van der Waals surface area contributed by atoms with Crippen molar-refractivity contribution in [3.05, 3.63) is 29.8 Å². The zero-order chi connectivity index (χ0) is 18.8. The van der Waals surface area contributed by atoms with Gasteiger partial charge in [0.05, 0.1) is 13.5 Å². The minimum absolute atomic E-state index is 0.0378. The first kappa shape index (κ1) is 18.7. The number of methoxy groups -OCH3 is 1. The number of rotatable bonds is 6. The Labute approximate surface area is 156 Å². The Morgan fingerprint density at radius 2 is 2.00 bits per heavy atom. The van der Waals surface area contributed by atoms with E-state index in [9.17, 15) is 9.59 Å². The fourth-order valence-electron chi connectivity index (χ4n) is 4.78. The van der Waals surface area contributed by atoms with E-state index in [1.807, 2.05) is 24.3 Å². The second-order valence-electron chi connectivity index (χ2n) is 8.04. The van der Waals surface area contributed by atoms with Crippen LogP contribution in [0.5, 0.6) is 5.75 Å². The highest BCUT2D eigenvalue weighted by Crippen LogP contribution is 2.46. The van der Waals surface area contributed by atoms with Gasteiger partial charge in [0.25, 0.3) is 0 Å². The average Bonchev–Trinajstić information content (AvgIpc) is 3.06. The third-order valence-electron chi connectivity index (χ3n) is 6.06. The molecule has 4 atom stereocenters. The van der Waals surface area contributed by atoms with E-state index in [0.717, 1.165) is 17.7 Å². The van der Waals surface area contributed by atoms with Crippen LogP contribution in [0.15, 0.2) is 24.3 Å². The highest BCUT2D eigenvalue weighted by Gasteiger charge is 2.51. The smallest absolute Gasteiger partial charge is 0.224 e. The monoisotopic (exact) mass is 358 g/mol. The lowest BCUT2D eigenvalue weighted by atomic mass is 9.88. The van der Waals surface area contributed by atoms with Gasteiger partial charge in [-0.05, 0) is 55.7 Å². The maximum Gasteiger partial charge on any atom is 0.224 e. The molecule has 1 N–H and O–H groups in total. The molecular formula is C21H30N2O3. The summed E-state index contributed by atoms with van der Waals surface area (Å²) in [5, 5.41) is 3.10. The summed E-state index contributed by atoms with van der Waals surface area (Å²) in [4.78, 5) is 26.8. The summed E-state index contributed by atoms with van der Waals surface area (Å²) in [6.45, 7) is 7.10. The second kappa shape index (κ2) is 7.68. The number of nitrogens with one attached hydrogen (secondary N) is 1. The minimum atomic E-state index is 0.0378. The summed E-state index contributed by atoms with van der Waals surface area (Å²) < 4.78 is 5.14. The van der Waals surface area contributed by atoms with Crippen molar-refractivity contribution >= 4 is 11.8 Å². The summed E-state index contributed by atoms with van der Waals surface area (Å²) in [6.07, 6.45) is 2.05. The number of hydrogen-bond donors (Lipinski definition) is 1. The van der Waals surface area contributed by atoms with Crippen molar-refractivity contribution in [3.63, 3.8) is 0 Å². The van der Waals surface area contributed by atoms with E-state index in [4.69, 9.17) is 4.74 Å². The van der Waals surface area contributed by atoms with Crippen LogP contribution in [-0.2, 0) is 16.0 Å². The topological polar surface area (TPSA) is 58.6 Å². The Kier molecular flexibility index (Phi) is 5.54. The molecule has 0 bridgehead atoms. The number of benzene rings is 1. The molecule has 2 aliphatic rings. The lowest BCUT2D eigenvalue weighted by Crippen LogP contribution is -2.39. The van der Waals surface area contributed by atoms with Gasteiger partial charge in [0.2, 0.25) is 11.8 Å². The first-order valence-corrected chi connectivity index (χ1v) is 9.61. The van der Waals surface area contributed by atoms with Gasteiger partial charge in [-0.15, -0.1) is 0 Å². The molecule has 26 heavy (non-hydrogen) atoms. The van der Waals surface area contributed by atoms with Crippen LogP contribution in [0.1, 0.15) is 39.2 Å². The maximum atomic E-state index is 12.3. The van der Waals surface area contributed by atoms with Crippen molar-refractivity contribution in [1.82, 2.24) is 10.2 Å². The SMILES string of the molecule is COc1ccc(CC(=O)NC[C@H]2[C@@H]3CC(=O)N(C(C)C)[C@@H]3C[C@@H]2C)cc1. The predicted octanol–water partition coefficient (Wildman–Crippen LogP) is 2.64. The lowest BCUT2D eigenvalue weighted by molar-refractivity contribution is -0.130. The minimum Gasteiger partial charge on any atom is -0.497 e. The highest BCUT2D eigenvalue weighted by atomic mass is 16.5. The van der Waals surface area contributed by atoms with Crippen molar-refractivity contribution in [2.24, 2.45) is 17.8 Å². The molecule has 1 aliphatic heterocycles. The van der Waals surface area contributed by atoms with Crippen LogP contribution >= 0.6 is 0 Å². The standard InChI is InChI=1S/C21H30N2O3/c1-13(2)23-19-9-14(3)18(17(19)11-21(23)25)12-22-20(24)10-15-5-7-16(26-4)8-6-15/h5-8,13-14,17-19H,9-12H2,1-4H3,(H,22,24)/t14-,17-,18+,19+/m0/s1. The van der Waals surface area contributed by atoms with E-state index in [0.29, 0.717) is 43.2 Å². The molecule has 0 aromatic heterocycles. The van der Waals surface area contributed by atoms with Crippen molar-refractivity contribution in [2.75, 3.05) is 13.7 Å². The van der Waals surface area contributed by atoms with Crippen molar-refractivity contribution in [2.45, 2.75) is 52.1 Å². The largest absolute Gasteiger partial charge is 0.497 e. The van der Waals surface area contributed by atoms with Crippen LogP contribution in [-0.4, -0.2) is 42.5 Å². The van der Waals surface area contributed by atoms with Crippen molar-refractivity contribution < 1.29 is 14.3 Å². The predicted molar refractivity (Wildman–Crippen MR) is 101 cm³/mol. The van der Waals surface area contributed by atoms with Crippen LogP contribution in [0.2, 0.25) is 0 Å².